The molecule has 1 aliphatic heterocycles. The van der Waals surface area contributed by atoms with E-state index in [2.05, 4.69) is 24.4 Å². The number of hydrogen-bond acceptors (Lipinski definition) is 2. The van der Waals surface area contributed by atoms with E-state index < -0.39 is 0 Å². The van der Waals surface area contributed by atoms with Gasteiger partial charge in [-0.05, 0) is 24.8 Å². The molecule has 1 unspecified atom stereocenters. The number of carbonyl (C=O) groups excluding carboxylic acids is 2. The molecule has 1 atom stereocenters. The Hall–Kier alpha value is -2.04. The summed E-state index contributed by atoms with van der Waals surface area (Å²) in [5.74, 6) is 0.497. The first-order valence-corrected chi connectivity index (χ1v) is 8.81. The van der Waals surface area contributed by atoms with Gasteiger partial charge in [0.15, 0.2) is 0 Å². The lowest BCUT2D eigenvalue weighted by atomic mass is 9.94. The number of piperidine rings is 1. The Balaban J connectivity index is 1.80. The average Bonchev–Trinajstić information content (AvgIpc) is 2.62. The molecule has 1 aliphatic rings. The summed E-state index contributed by atoms with van der Waals surface area (Å²) < 4.78 is 0. The molecule has 2 rings (SSSR count). The number of urea groups is 1. The first-order valence-electron chi connectivity index (χ1n) is 8.81. The van der Waals surface area contributed by atoms with Crippen LogP contribution in [-0.2, 0) is 4.79 Å². The van der Waals surface area contributed by atoms with Gasteiger partial charge in [0.2, 0.25) is 5.91 Å². The zero-order valence-corrected chi connectivity index (χ0v) is 15.0. The quantitative estimate of drug-likeness (QED) is 0.902. The maximum atomic E-state index is 12.4. The van der Waals surface area contributed by atoms with Gasteiger partial charge in [-0.3, -0.25) is 4.79 Å². The Kier molecular flexibility index (Phi) is 6.64. The third-order valence-electron chi connectivity index (χ3n) is 4.81. The topological polar surface area (TPSA) is 52.7 Å². The Morgan fingerprint density at radius 1 is 1.21 bits per heavy atom. The standard InChI is InChI=1S/C19H29N3O2/c1-4-15(16-8-6-5-7-9-16)14-20-18(23)17-10-12-22(13-11-17)19(24)21(2)3/h5-9,15,17H,4,10-14H2,1-3H3,(H,20,23). The smallest absolute Gasteiger partial charge is 0.319 e. The summed E-state index contributed by atoms with van der Waals surface area (Å²) in [5.41, 5.74) is 1.27. The number of likely N-dealkylation sites (tertiary alicyclic amines) is 1. The summed E-state index contributed by atoms with van der Waals surface area (Å²) in [5, 5.41) is 3.12. The molecule has 1 heterocycles. The molecule has 0 saturated carbocycles. The fourth-order valence-corrected chi connectivity index (χ4v) is 3.21. The Bertz CT molecular complexity index is 537. The van der Waals surface area contributed by atoms with Gasteiger partial charge in [0.1, 0.15) is 0 Å². The Labute approximate surface area is 145 Å². The maximum absolute atomic E-state index is 12.4. The molecule has 1 saturated heterocycles. The fraction of sp³-hybridized carbons (Fsp3) is 0.579. The number of nitrogens with one attached hydrogen (secondary N) is 1. The molecule has 1 N–H and O–H groups in total. The van der Waals surface area contributed by atoms with Gasteiger partial charge in [0.25, 0.3) is 0 Å². The van der Waals surface area contributed by atoms with Crippen molar-refractivity contribution in [1.82, 2.24) is 15.1 Å². The van der Waals surface area contributed by atoms with E-state index in [1.807, 2.05) is 23.1 Å². The van der Waals surface area contributed by atoms with Gasteiger partial charge in [0.05, 0.1) is 0 Å². The Morgan fingerprint density at radius 2 is 1.83 bits per heavy atom. The van der Waals surface area contributed by atoms with Crippen LogP contribution in [0.4, 0.5) is 4.79 Å². The molecule has 0 radical (unpaired) electrons. The zero-order chi connectivity index (χ0) is 17.5. The van der Waals surface area contributed by atoms with E-state index >= 15 is 0 Å². The van der Waals surface area contributed by atoms with Crippen molar-refractivity contribution < 1.29 is 9.59 Å². The highest BCUT2D eigenvalue weighted by atomic mass is 16.2. The molecule has 0 aliphatic carbocycles. The number of nitrogens with zero attached hydrogens (tertiary/aromatic N) is 2. The van der Waals surface area contributed by atoms with Crippen LogP contribution in [0.2, 0.25) is 0 Å². The SMILES string of the molecule is CCC(CNC(=O)C1CCN(C(=O)N(C)C)CC1)c1ccccc1. The van der Waals surface area contributed by atoms with E-state index in [1.165, 1.54) is 5.56 Å². The van der Waals surface area contributed by atoms with Crippen LogP contribution in [0.1, 0.15) is 37.7 Å². The predicted octanol–water partition coefficient (Wildman–Crippen LogP) is 2.69. The van der Waals surface area contributed by atoms with E-state index in [0.717, 1.165) is 19.3 Å². The third-order valence-corrected chi connectivity index (χ3v) is 4.81. The van der Waals surface area contributed by atoms with Gasteiger partial charge in [-0.25, -0.2) is 4.79 Å². The van der Waals surface area contributed by atoms with E-state index in [4.69, 9.17) is 0 Å². The zero-order valence-electron chi connectivity index (χ0n) is 15.0. The van der Waals surface area contributed by atoms with Crippen LogP contribution in [0.15, 0.2) is 30.3 Å². The first kappa shape index (κ1) is 18.3. The number of hydrogen-bond donors (Lipinski definition) is 1. The molecular formula is C19H29N3O2. The molecule has 5 heteroatoms. The van der Waals surface area contributed by atoms with E-state index in [-0.39, 0.29) is 17.9 Å². The highest BCUT2D eigenvalue weighted by Gasteiger charge is 2.28. The molecule has 0 bridgehead atoms. The second-order valence-corrected chi connectivity index (χ2v) is 6.70. The summed E-state index contributed by atoms with van der Waals surface area (Å²) in [6, 6.07) is 10.4. The van der Waals surface area contributed by atoms with Crippen molar-refractivity contribution in [3.8, 4) is 0 Å². The first-order chi connectivity index (χ1) is 11.5. The highest BCUT2D eigenvalue weighted by molar-refractivity contribution is 5.79. The van der Waals surface area contributed by atoms with Crippen LogP contribution in [0.3, 0.4) is 0 Å². The molecule has 132 valence electrons. The van der Waals surface area contributed by atoms with Crippen LogP contribution in [0, 0.1) is 5.92 Å². The summed E-state index contributed by atoms with van der Waals surface area (Å²) >= 11 is 0. The number of rotatable bonds is 5. The molecule has 0 aromatic heterocycles. The van der Waals surface area contributed by atoms with Gasteiger partial charge < -0.3 is 15.1 Å². The van der Waals surface area contributed by atoms with Crippen molar-refractivity contribution >= 4 is 11.9 Å². The molecule has 5 nitrogen and oxygen atoms in total. The molecule has 3 amide bonds. The second-order valence-electron chi connectivity index (χ2n) is 6.70. The summed E-state index contributed by atoms with van der Waals surface area (Å²) in [7, 11) is 3.52. The van der Waals surface area contributed by atoms with Crippen molar-refractivity contribution in [3.63, 3.8) is 0 Å². The van der Waals surface area contributed by atoms with Gasteiger partial charge in [0, 0.05) is 45.6 Å². The van der Waals surface area contributed by atoms with Crippen LogP contribution in [0.5, 0.6) is 0 Å². The van der Waals surface area contributed by atoms with Gasteiger partial charge in [-0.15, -0.1) is 0 Å². The predicted molar refractivity (Wildman–Crippen MR) is 95.9 cm³/mol. The van der Waals surface area contributed by atoms with Crippen LogP contribution < -0.4 is 5.32 Å². The summed E-state index contributed by atoms with van der Waals surface area (Å²) in [6.45, 7) is 4.14. The van der Waals surface area contributed by atoms with Gasteiger partial charge in [-0.1, -0.05) is 37.3 Å². The third kappa shape index (κ3) is 4.73. The summed E-state index contributed by atoms with van der Waals surface area (Å²) in [4.78, 5) is 27.8. The molecule has 1 aromatic carbocycles. The maximum Gasteiger partial charge on any atom is 0.319 e. The minimum absolute atomic E-state index is 0.0180. The lowest BCUT2D eigenvalue weighted by Gasteiger charge is -2.33. The lowest BCUT2D eigenvalue weighted by molar-refractivity contribution is -0.126. The molecule has 1 aromatic rings. The highest BCUT2D eigenvalue weighted by Crippen LogP contribution is 2.20. The number of benzene rings is 1. The van der Waals surface area contributed by atoms with Crippen LogP contribution in [-0.4, -0.2) is 55.5 Å². The lowest BCUT2D eigenvalue weighted by Crippen LogP contribution is -2.46. The second kappa shape index (κ2) is 8.71. The molecule has 0 spiro atoms. The fourth-order valence-electron chi connectivity index (χ4n) is 3.21. The monoisotopic (exact) mass is 331 g/mol. The summed E-state index contributed by atoms with van der Waals surface area (Å²) in [6.07, 6.45) is 2.49. The van der Waals surface area contributed by atoms with Crippen molar-refractivity contribution in [3.05, 3.63) is 35.9 Å². The Morgan fingerprint density at radius 3 is 2.38 bits per heavy atom. The van der Waals surface area contributed by atoms with Crippen molar-refractivity contribution in [2.75, 3.05) is 33.7 Å². The molecule has 1 fully saturated rings. The van der Waals surface area contributed by atoms with Crippen LogP contribution in [0.25, 0.3) is 0 Å². The average molecular weight is 331 g/mol. The minimum atomic E-state index is 0.0180. The van der Waals surface area contributed by atoms with E-state index in [0.29, 0.717) is 25.6 Å². The van der Waals surface area contributed by atoms with Crippen molar-refractivity contribution in [1.29, 1.82) is 0 Å². The van der Waals surface area contributed by atoms with Gasteiger partial charge in [-0.2, -0.15) is 0 Å². The number of carbonyl (C=O) groups is 2. The molecule has 24 heavy (non-hydrogen) atoms. The largest absolute Gasteiger partial charge is 0.355 e. The number of amides is 3. The van der Waals surface area contributed by atoms with Crippen LogP contribution >= 0.6 is 0 Å². The normalized spacial score (nSPS) is 16.5. The van der Waals surface area contributed by atoms with Crippen molar-refractivity contribution in [2.24, 2.45) is 5.92 Å². The van der Waals surface area contributed by atoms with Crippen molar-refractivity contribution in [2.45, 2.75) is 32.1 Å². The molecular weight excluding hydrogens is 302 g/mol. The van der Waals surface area contributed by atoms with Gasteiger partial charge >= 0.3 is 6.03 Å². The van der Waals surface area contributed by atoms with E-state index in [1.54, 1.807) is 19.0 Å². The minimum Gasteiger partial charge on any atom is -0.355 e. The van der Waals surface area contributed by atoms with E-state index in [9.17, 15) is 9.59 Å².